The van der Waals surface area contributed by atoms with Gasteiger partial charge in [-0.25, -0.2) is 9.67 Å². The monoisotopic (exact) mass is 278 g/mol. The molecule has 7 heteroatoms. The molecule has 102 valence electrons. The van der Waals surface area contributed by atoms with Crippen LogP contribution >= 0.6 is 11.3 Å². The van der Waals surface area contributed by atoms with E-state index in [9.17, 15) is 0 Å². The van der Waals surface area contributed by atoms with Gasteiger partial charge in [0.05, 0.1) is 18.1 Å². The molecule has 0 radical (unpaired) electrons. The van der Waals surface area contributed by atoms with Gasteiger partial charge in [-0.05, 0) is 36.6 Å². The Balaban J connectivity index is 1.71. The van der Waals surface area contributed by atoms with E-state index in [0.717, 1.165) is 17.3 Å². The van der Waals surface area contributed by atoms with Crippen molar-refractivity contribution in [2.24, 2.45) is 0 Å². The first-order valence-corrected chi connectivity index (χ1v) is 7.52. The average molecular weight is 278 g/mol. The molecule has 0 aromatic carbocycles. The molecule has 1 aliphatic rings. The van der Waals surface area contributed by atoms with E-state index in [1.807, 2.05) is 16.3 Å². The molecule has 0 bridgehead atoms. The normalized spacial score (nSPS) is 18.4. The van der Waals surface area contributed by atoms with Gasteiger partial charge in [-0.1, -0.05) is 6.92 Å². The number of aromatic nitrogens is 5. The highest BCUT2D eigenvalue weighted by Crippen LogP contribution is 2.34. The minimum absolute atomic E-state index is 0.117. The number of tetrazole rings is 1. The van der Waals surface area contributed by atoms with Gasteiger partial charge in [0.1, 0.15) is 5.01 Å². The third-order valence-corrected chi connectivity index (χ3v) is 4.74. The predicted octanol–water partition coefficient (Wildman–Crippen LogP) is 1.88. The molecule has 2 aromatic rings. The molecule has 0 amide bonds. The second-order valence-corrected chi connectivity index (χ2v) is 6.04. The van der Waals surface area contributed by atoms with E-state index < -0.39 is 0 Å². The van der Waals surface area contributed by atoms with Gasteiger partial charge in [-0.2, -0.15) is 0 Å². The Hall–Kier alpha value is -1.34. The Morgan fingerprint density at radius 1 is 1.53 bits per heavy atom. The topological polar surface area (TPSA) is 68.5 Å². The highest BCUT2D eigenvalue weighted by molar-refractivity contribution is 7.09. The molecule has 6 nitrogen and oxygen atoms in total. The van der Waals surface area contributed by atoms with Gasteiger partial charge in [0.25, 0.3) is 0 Å². The van der Waals surface area contributed by atoms with Crippen LogP contribution in [0.25, 0.3) is 0 Å². The van der Waals surface area contributed by atoms with Crippen LogP contribution in [0.4, 0.5) is 0 Å². The number of nitrogens with zero attached hydrogens (tertiary/aromatic N) is 5. The molecule has 1 atom stereocenters. The molecule has 3 rings (SSSR count). The maximum absolute atomic E-state index is 4.43. The SMILES string of the molecule is CC[C@@](C)(NCc1nnnn1C1CC1)c1nccs1. The molecule has 1 N–H and O–H groups in total. The van der Waals surface area contributed by atoms with Crippen LogP contribution in [0, 0.1) is 0 Å². The summed E-state index contributed by atoms with van der Waals surface area (Å²) in [7, 11) is 0. The van der Waals surface area contributed by atoms with Crippen molar-refractivity contribution in [2.75, 3.05) is 0 Å². The van der Waals surface area contributed by atoms with Crippen molar-refractivity contribution >= 4 is 11.3 Å². The Morgan fingerprint density at radius 3 is 3.00 bits per heavy atom. The Bertz CT molecular complexity index is 532. The van der Waals surface area contributed by atoms with Gasteiger partial charge in [0.15, 0.2) is 5.82 Å². The Kier molecular flexibility index (Phi) is 3.32. The maximum Gasteiger partial charge on any atom is 0.165 e. The van der Waals surface area contributed by atoms with Gasteiger partial charge in [-0.3, -0.25) is 5.32 Å². The summed E-state index contributed by atoms with van der Waals surface area (Å²) >= 11 is 1.68. The van der Waals surface area contributed by atoms with Crippen molar-refractivity contribution in [3.63, 3.8) is 0 Å². The van der Waals surface area contributed by atoms with E-state index in [0.29, 0.717) is 12.6 Å². The van der Waals surface area contributed by atoms with E-state index in [2.05, 4.69) is 39.7 Å². The van der Waals surface area contributed by atoms with Crippen LogP contribution in [-0.2, 0) is 12.1 Å². The van der Waals surface area contributed by atoms with Crippen LogP contribution in [0.3, 0.4) is 0 Å². The van der Waals surface area contributed by atoms with Crippen LogP contribution in [0.2, 0.25) is 0 Å². The molecular formula is C12H18N6S. The summed E-state index contributed by atoms with van der Waals surface area (Å²) in [5, 5.41) is 18.7. The summed E-state index contributed by atoms with van der Waals surface area (Å²) in [4.78, 5) is 4.43. The zero-order valence-electron chi connectivity index (χ0n) is 11.2. The standard InChI is InChI=1S/C12H18N6S/c1-3-12(2,11-13-6-7-19-11)14-8-10-15-16-17-18(10)9-4-5-9/h6-7,9,14H,3-5,8H2,1-2H3/t12-/m1/s1. The molecule has 0 aliphatic heterocycles. The summed E-state index contributed by atoms with van der Waals surface area (Å²) < 4.78 is 1.95. The molecule has 1 aliphatic carbocycles. The van der Waals surface area contributed by atoms with E-state index in [-0.39, 0.29) is 5.54 Å². The molecule has 2 aromatic heterocycles. The van der Waals surface area contributed by atoms with Crippen molar-refractivity contribution in [3.05, 3.63) is 22.4 Å². The Labute approximate surface area is 116 Å². The first-order valence-electron chi connectivity index (χ1n) is 6.64. The van der Waals surface area contributed by atoms with Gasteiger partial charge in [0.2, 0.25) is 0 Å². The van der Waals surface area contributed by atoms with Crippen molar-refractivity contribution in [2.45, 2.75) is 51.2 Å². The molecule has 1 saturated carbocycles. The maximum atomic E-state index is 4.43. The van der Waals surface area contributed by atoms with E-state index in [4.69, 9.17) is 0 Å². The van der Waals surface area contributed by atoms with Crippen LogP contribution in [0.5, 0.6) is 0 Å². The molecular weight excluding hydrogens is 260 g/mol. The smallest absolute Gasteiger partial charge is 0.165 e. The number of rotatable bonds is 6. The fraction of sp³-hybridized carbons (Fsp3) is 0.667. The summed E-state index contributed by atoms with van der Waals surface area (Å²) in [6.45, 7) is 5.02. The van der Waals surface area contributed by atoms with E-state index in [1.54, 1.807) is 11.3 Å². The van der Waals surface area contributed by atoms with E-state index >= 15 is 0 Å². The number of hydrogen-bond donors (Lipinski definition) is 1. The van der Waals surface area contributed by atoms with Crippen LogP contribution in [0.1, 0.15) is 50.0 Å². The lowest BCUT2D eigenvalue weighted by Crippen LogP contribution is -2.39. The zero-order valence-corrected chi connectivity index (χ0v) is 12.0. The van der Waals surface area contributed by atoms with Crippen molar-refractivity contribution in [3.8, 4) is 0 Å². The largest absolute Gasteiger partial charge is 0.298 e. The first-order chi connectivity index (χ1) is 9.23. The highest BCUT2D eigenvalue weighted by atomic mass is 32.1. The summed E-state index contributed by atoms with van der Waals surface area (Å²) in [5.74, 6) is 0.915. The van der Waals surface area contributed by atoms with Crippen LogP contribution in [0.15, 0.2) is 11.6 Å². The van der Waals surface area contributed by atoms with Crippen molar-refractivity contribution in [1.82, 2.24) is 30.5 Å². The third-order valence-electron chi connectivity index (χ3n) is 3.70. The Morgan fingerprint density at radius 2 is 2.37 bits per heavy atom. The average Bonchev–Trinajstić information content (AvgIpc) is 2.96. The second-order valence-electron chi connectivity index (χ2n) is 5.15. The lowest BCUT2D eigenvalue weighted by molar-refractivity contribution is 0.340. The van der Waals surface area contributed by atoms with Crippen molar-refractivity contribution in [1.29, 1.82) is 0 Å². The lowest BCUT2D eigenvalue weighted by atomic mass is 10.00. The highest BCUT2D eigenvalue weighted by Gasteiger charge is 2.30. The quantitative estimate of drug-likeness (QED) is 0.873. The molecule has 2 heterocycles. The number of nitrogens with one attached hydrogen (secondary N) is 1. The van der Waals surface area contributed by atoms with Crippen LogP contribution < -0.4 is 5.32 Å². The zero-order chi connectivity index (χ0) is 13.3. The summed E-state index contributed by atoms with van der Waals surface area (Å²) in [6, 6.07) is 0.513. The molecule has 0 spiro atoms. The number of thiazole rings is 1. The summed E-state index contributed by atoms with van der Waals surface area (Å²) in [6.07, 6.45) is 5.21. The fourth-order valence-electron chi connectivity index (χ4n) is 2.05. The molecule has 0 unspecified atom stereocenters. The van der Waals surface area contributed by atoms with Crippen LogP contribution in [-0.4, -0.2) is 25.2 Å². The molecule has 1 fully saturated rings. The first kappa shape index (κ1) is 12.7. The van der Waals surface area contributed by atoms with Crippen molar-refractivity contribution < 1.29 is 0 Å². The van der Waals surface area contributed by atoms with E-state index in [1.165, 1.54) is 12.8 Å². The molecule has 19 heavy (non-hydrogen) atoms. The van der Waals surface area contributed by atoms with Gasteiger partial charge in [-0.15, -0.1) is 16.4 Å². The fourth-order valence-corrected chi connectivity index (χ4v) is 2.90. The lowest BCUT2D eigenvalue weighted by Gasteiger charge is -2.27. The minimum atomic E-state index is -0.117. The predicted molar refractivity (Wildman–Crippen MR) is 72.7 cm³/mol. The van der Waals surface area contributed by atoms with Gasteiger partial charge < -0.3 is 0 Å². The second kappa shape index (κ2) is 4.97. The summed E-state index contributed by atoms with van der Waals surface area (Å²) in [5.41, 5.74) is -0.117. The number of hydrogen-bond acceptors (Lipinski definition) is 6. The third kappa shape index (κ3) is 2.52. The molecule has 0 saturated heterocycles. The van der Waals surface area contributed by atoms with Gasteiger partial charge in [0, 0.05) is 11.6 Å². The van der Waals surface area contributed by atoms with Gasteiger partial charge >= 0.3 is 0 Å². The minimum Gasteiger partial charge on any atom is -0.298 e.